The SMILES string of the molecule is O=C(NCc1cccnc1)c1ccccc1SCC(=O)N1CCCC1. The van der Waals surface area contributed by atoms with Gasteiger partial charge < -0.3 is 10.2 Å². The molecule has 1 aliphatic heterocycles. The van der Waals surface area contributed by atoms with Crippen molar-refractivity contribution in [3.05, 3.63) is 59.9 Å². The number of rotatable bonds is 6. The zero-order chi connectivity index (χ0) is 17.5. The van der Waals surface area contributed by atoms with Gasteiger partial charge in [0.15, 0.2) is 0 Å². The molecule has 1 aliphatic rings. The molecular weight excluding hydrogens is 334 g/mol. The van der Waals surface area contributed by atoms with Gasteiger partial charge in [-0.1, -0.05) is 18.2 Å². The number of hydrogen-bond acceptors (Lipinski definition) is 4. The van der Waals surface area contributed by atoms with Crippen LogP contribution in [0.4, 0.5) is 0 Å². The van der Waals surface area contributed by atoms with Crippen LogP contribution in [-0.4, -0.2) is 40.5 Å². The fraction of sp³-hybridized carbons (Fsp3) is 0.316. The first kappa shape index (κ1) is 17.5. The van der Waals surface area contributed by atoms with Crippen molar-refractivity contribution in [2.75, 3.05) is 18.8 Å². The Balaban J connectivity index is 1.59. The summed E-state index contributed by atoms with van der Waals surface area (Å²) in [6, 6.07) is 11.2. The van der Waals surface area contributed by atoms with Gasteiger partial charge in [0, 0.05) is 36.9 Å². The normalized spacial score (nSPS) is 13.7. The molecule has 0 radical (unpaired) electrons. The van der Waals surface area contributed by atoms with E-state index in [4.69, 9.17) is 0 Å². The van der Waals surface area contributed by atoms with Crippen molar-refractivity contribution >= 4 is 23.6 Å². The highest BCUT2D eigenvalue weighted by molar-refractivity contribution is 8.00. The minimum atomic E-state index is -0.138. The monoisotopic (exact) mass is 355 g/mol. The lowest BCUT2D eigenvalue weighted by atomic mass is 10.2. The molecule has 2 heterocycles. The fourth-order valence-electron chi connectivity index (χ4n) is 2.76. The Bertz CT molecular complexity index is 730. The second kappa shape index (κ2) is 8.67. The Morgan fingerprint density at radius 1 is 1.12 bits per heavy atom. The number of likely N-dealkylation sites (tertiary alicyclic amines) is 1. The maximum absolute atomic E-state index is 12.5. The number of nitrogens with zero attached hydrogens (tertiary/aromatic N) is 2. The molecule has 0 aliphatic carbocycles. The topological polar surface area (TPSA) is 62.3 Å². The summed E-state index contributed by atoms with van der Waals surface area (Å²) in [6.45, 7) is 2.14. The summed E-state index contributed by atoms with van der Waals surface area (Å²) >= 11 is 1.43. The third kappa shape index (κ3) is 4.82. The predicted molar refractivity (Wildman–Crippen MR) is 98.4 cm³/mol. The number of thioether (sulfide) groups is 1. The van der Waals surface area contributed by atoms with Crippen LogP contribution < -0.4 is 5.32 Å². The largest absolute Gasteiger partial charge is 0.348 e. The lowest BCUT2D eigenvalue weighted by Crippen LogP contribution is -2.29. The molecular formula is C19H21N3O2S. The number of nitrogens with one attached hydrogen (secondary N) is 1. The van der Waals surface area contributed by atoms with E-state index in [0.29, 0.717) is 17.9 Å². The van der Waals surface area contributed by atoms with E-state index in [-0.39, 0.29) is 11.8 Å². The Morgan fingerprint density at radius 2 is 1.92 bits per heavy atom. The number of hydrogen-bond donors (Lipinski definition) is 1. The molecule has 1 N–H and O–H groups in total. The highest BCUT2D eigenvalue weighted by atomic mass is 32.2. The van der Waals surface area contributed by atoms with Crippen molar-refractivity contribution in [1.82, 2.24) is 15.2 Å². The van der Waals surface area contributed by atoms with E-state index >= 15 is 0 Å². The third-order valence-corrected chi connectivity index (χ3v) is 5.18. The molecule has 130 valence electrons. The van der Waals surface area contributed by atoms with Gasteiger partial charge in [0.05, 0.1) is 11.3 Å². The summed E-state index contributed by atoms with van der Waals surface area (Å²) in [5, 5.41) is 2.91. The van der Waals surface area contributed by atoms with E-state index in [1.165, 1.54) is 11.8 Å². The van der Waals surface area contributed by atoms with Crippen LogP contribution in [0.2, 0.25) is 0 Å². The summed E-state index contributed by atoms with van der Waals surface area (Å²) < 4.78 is 0. The number of pyridine rings is 1. The van der Waals surface area contributed by atoms with Crippen molar-refractivity contribution in [3.63, 3.8) is 0 Å². The summed E-state index contributed by atoms with van der Waals surface area (Å²) in [6.07, 6.45) is 5.61. The first-order valence-corrected chi connectivity index (χ1v) is 9.39. The maximum Gasteiger partial charge on any atom is 0.252 e. The van der Waals surface area contributed by atoms with E-state index in [9.17, 15) is 9.59 Å². The van der Waals surface area contributed by atoms with Crippen molar-refractivity contribution in [3.8, 4) is 0 Å². The summed E-state index contributed by atoms with van der Waals surface area (Å²) in [4.78, 5) is 31.5. The first-order valence-electron chi connectivity index (χ1n) is 8.41. The average molecular weight is 355 g/mol. The summed E-state index contributed by atoms with van der Waals surface area (Å²) in [5.74, 6) is 0.376. The van der Waals surface area contributed by atoms with Gasteiger partial charge in [-0.15, -0.1) is 11.8 Å². The zero-order valence-corrected chi connectivity index (χ0v) is 14.8. The summed E-state index contributed by atoms with van der Waals surface area (Å²) in [7, 11) is 0. The summed E-state index contributed by atoms with van der Waals surface area (Å²) in [5.41, 5.74) is 1.55. The molecule has 2 aromatic rings. The molecule has 1 aromatic carbocycles. The van der Waals surface area contributed by atoms with E-state index < -0.39 is 0 Å². The highest BCUT2D eigenvalue weighted by Gasteiger charge is 2.19. The number of benzene rings is 1. The molecule has 1 fully saturated rings. The van der Waals surface area contributed by atoms with Gasteiger partial charge in [0.2, 0.25) is 5.91 Å². The van der Waals surface area contributed by atoms with Crippen LogP contribution in [0.1, 0.15) is 28.8 Å². The van der Waals surface area contributed by atoms with Crippen LogP contribution >= 0.6 is 11.8 Å². The van der Waals surface area contributed by atoms with Gasteiger partial charge in [0.1, 0.15) is 0 Å². The van der Waals surface area contributed by atoms with E-state index in [0.717, 1.165) is 36.4 Å². The average Bonchev–Trinajstić information content (AvgIpc) is 3.20. The third-order valence-electron chi connectivity index (χ3n) is 4.12. The van der Waals surface area contributed by atoms with Crippen LogP contribution in [0.3, 0.4) is 0 Å². The van der Waals surface area contributed by atoms with Gasteiger partial charge >= 0.3 is 0 Å². The minimum Gasteiger partial charge on any atom is -0.348 e. The minimum absolute atomic E-state index is 0.138. The van der Waals surface area contributed by atoms with Crippen molar-refractivity contribution < 1.29 is 9.59 Å². The van der Waals surface area contributed by atoms with Gasteiger partial charge in [-0.3, -0.25) is 14.6 Å². The molecule has 6 heteroatoms. The van der Waals surface area contributed by atoms with Crippen LogP contribution in [0.5, 0.6) is 0 Å². The Labute approximate surface area is 151 Å². The molecule has 0 saturated carbocycles. The van der Waals surface area contributed by atoms with Crippen molar-refractivity contribution in [2.45, 2.75) is 24.3 Å². The quantitative estimate of drug-likeness (QED) is 0.810. The second-order valence-electron chi connectivity index (χ2n) is 5.92. The predicted octanol–water partition coefficient (Wildman–Crippen LogP) is 2.73. The number of aromatic nitrogens is 1. The van der Waals surface area contributed by atoms with Gasteiger partial charge in [-0.25, -0.2) is 0 Å². The van der Waals surface area contributed by atoms with E-state index in [1.807, 2.05) is 35.2 Å². The van der Waals surface area contributed by atoms with E-state index in [1.54, 1.807) is 18.5 Å². The smallest absolute Gasteiger partial charge is 0.252 e. The lowest BCUT2D eigenvalue weighted by molar-refractivity contribution is -0.127. The molecule has 0 unspecified atom stereocenters. The van der Waals surface area contributed by atoms with Crippen LogP contribution in [0, 0.1) is 0 Å². The molecule has 0 bridgehead atoms. The Hall–Kier alpha value is -2.34. The number of carbonyl (C=O) groups is 2. The maximum atomic E-state index is 12.5. The van der Waals surface area contributed by atoms with Gasteiger partial charge in [-0.2, -0.15) is 0 Å². The van der Waals surface area contributed by atoms with Crippen LogP contribution in [0.25, 0.3) is 0 Å². The highest BCUT2D eigenvalue weighted by Crippen LogP contribution is 2.23. The molecule has 25 heavy (non-hydrogen) atoms. The number of amides is 2. The molecule has 3 rings (SSSR count). The molecule has 2 amide bonds. The molecule has 1 saturated heterocycles. The molecule has 5 nitrogen and oxygen atoms in total. The first-order chi connectivity index (χ1) is 12.2. The fourth-order valence-corrected chi connectivity index (χ4v) is 3.71. The molecule has 0 atom stereocenters. The second-order valence-corrected chi connectivity index (χ2v) is 6.93. The molecule has 0 spiro atoms. The number of carbonyl (C=O) groups excluding carboxylic acids is 2. The van der Waals surface area contributed by atoms with Crippen molar-refractivity contribution in [1.29, 1.82) is 0 Å². The van der Waals surface area contributed by atoms with Gasteiger partial charge in [-0.05, 0) is 36.6 Å². The zero-order valence-electron chi connectivity index (χ0n) is 14.0. The Morgan fingerprint density at radius 3 is 2.68 bits per heavy atom. The Kier molecular flexibility index (Phi) is 6.06. The van der Waals surface area contributed by atoms with Gasteiger partial charge in [0.25, 0.3) is 5.91 Å². The van der Waals surface area contributed by atoms with Crippen LogP contribution in [-0.2, 0) is 11.3 Å². The van der Waals surface area contributed by atoms with Crippen molar-refractivity contribution in [2.24, 2.45) is 0 Å². The van der Waals surface area contributed by atoms with Crippen LogP contribution in [0.15, 0.2) is 53.7 Å². The van der Waals surface area contributed by atoms with E-state index in [2.05, 4.69) is 10.3 Å². The lowest BCUT2D eigenvalue weighted by Gasteiger charge is -2.15. The standard InChI is InChI=1S/C19H21N3O2S/c23-18(22-10-3-4-11-22)14-25-17-8-2-1-7-16(17)19(24)21-13-15-6-5-9-20-12-15/h1-2,5-9,12H,3-4,10-11,13-14H2,(H,21,24). The molecule has 1 aromatic heterocycles.